The summed E-state index contributed by atoms with van der Waals surface area (Å²) in [7, 11) is 0. The van der Waals surface area contributed by atoms with E-state index in [1.165, 1.54) is 0 Å². The van der Waals surface area contributed by atoms with Gasteiger partial charge in [0.05, 0.1) is 0 Å². The van der Waals surface area contributed by atoms with Crippen molar-refractivity contribution in [3.63, 3.8) is 0 Å². The fraction of sp³-hybridized carbons (Fsp3) is 0.0588. The number of fused-ring (bicyclic) bond motifs is 1. The second-order valence-corrected chi connectivity index (χ2v) is 4.81. The van der Waals surface area contributed by atoms with Gasteiger partial charge in [-0.2, -0.15) is 0 Å². The molecule has 1 heterocycles. The maximum absolute atomic E-state index is 12.2. The van der Waals surface area contributed by atoms with Crippen LogP contribution in [0.4, 0.5) is 5.69 Å². The van der Waals surface area contributed by atoms with Crippen LogP contribution in [-0.2, 0) is 0 Å². The van der Waals surface area contributed by atoms with E-state index in [1.54, 1.807) is 24.3 Å². The van der Waals surface area contributed by atoms with E-state index in [1.807, 2.05) is 37.3 Å². The van der Waals surface area contributed by atoms with Crippen molar-refractivity contribution in [1.29, 1.82) is 0 Å². The Morgan fingerprint density at radius 1 is 1.05 bits per heavy atom. The van der Waals surface area contributed by atoms with Crippen LogP contribution in [0.5, 0.6) is 0 Å². The number of hydrogen-bond acceptors (Lipinski definition) is 3. The molecule has 2 aromatic carbocycles. The summed E-state index contributed by atoms with van der Waals surface area (Å²) in [4.78, 5) is 24.1. The molecule has 1 amide bonds. The van der Waals surface area contributed by atoms with E-state index in [4.69, 9.17) is 4.42 Å². The minimum atomic E-state index is -0.639. The lowest BCUT2D eigenvalue weighted by atomic mass is 10.1. The van der Waals surface area contributed by atoms with Crippen molar-refractivity contribution in [3.05, 3.63) is 76.1 Å². The number of aryl methyl sites for hydroxylation is 1. The van der Waals surface area contributed by atoms with Gasteiger partial charge in [0.15, 0.2) is 0 Å². The van der Waals surface area contributed by atoms with Gasteiger partial charge >= 0.3 is 5.63 Å². The van der Waals surface area contributed by atoms with Gasteiger partial charge < -0.3 is 9.73 Å². The number of nitrogens with one attached hydrogen (secondary N) is 1. The molecule has 0 radical (unpaired) electrons. The van der Waals surface area contributed by atoms with E-state index >= 15 is 0 Å². The average Bonchev–Trinajstić information content (AvgIpc) is 2.48. The SMILES string of the molecule is Cc1ccc2oc(=O)c(C(=O)Nc3ccccc3)cc2c1. The molecule has 4 nitrogen and oxygen atoms in total. The van der Waals surface area contributed by atoms with Crippen LogP contribution in [0, 0.1) is 6.92 Å². The van der Waals surface area contributed by atoms with Crippen LogP contribution in [0.2, 0.25) is 0 Å². The van der Waals surface area contributed by atoms with Gasteiger partial charge in [-0.1, -0.05) is 29.8 Å². The average molecular weight is 279 g/mol. The first-order valence-electron chi connectivity index (χ1n) is 6.54. The summed E-state index contributed by atoms with van der Waals surface area (Å²) in [5, 5.41) is 3.41. The lowest BCUT2D eigenvalue weighted by Gasteiger charge is -2.05. The molecule has 1 aromatic heterocycles. The zero-order chi connectivity index (χ0) is 14.8. The van der Waals surface area contributed by atoms with Gasteiger partial charge in [0, 0.05) is 11.1 Å². The van der Waals surface area contributed by atoms with Crippen molar-refractivity contribution in [2.45, 2.75) is 6.92 Å². The van der Waals surface area contributed by atoms with Gasteiger partial charge in [0.2, 0.25) is 0 Å². The Kier molecular flexibility index (Phi) is 3.28. The molecule has 3 rings (SSSR count). The fourth-order valence-electron chi connectivity index (χ4n) is 2.12. The molecule has 0 aliphatic heterocycles. The minimum Gasteiger partial charge on any atom is -0.422 e. The molecule has 0 atom stereocenters. The third kappa shape index (κ3) is 2.69. The van der Waals surface area contributed by atoms with Gasteiger partial charge in [-0.3, -0.25) is 4.79 Å². The Hall–Kier alpha value is -2.88. The summed E-state index contributed by atoms with van der Waals surface area (Å²) >= 11 is 0. The molecule has 4 heteroatoms. The summed E-state index contributed by atoms with van der Waals surface area (Å²) in [6, 6.07) is 16.0. The number of benzene rings is 2. The van der Waals surface area contributed by atoms with Crippen molar-refractivity contribution in [2.24, 2.45) is 0 Å². The normalized spacial score (nSPS) is 10.5. The van der Waals surface area contributed by atoms with Gasteiger partial charge in [0.25, 0.3) is 5.91 Å². The van der Waals surface area contributed by atoms with Crippen LogP contribution in [0.15, 0.2) is 63.8 Å². The minimum absolute atomic E-state index is 0.00282. The number of anilines is 1. The third-order valence-corrected chi connectivity index (χ3v) is 3.16. The topological polar surface area (TPSA) is 59.3 Å². The maximum atomic E-state index is 12.2. The van der Waals surface area contributed by atoms with Gasteiger partial charge in [-0.05, 0) is 37.3 Å². The van der Waals surface area contributed by atoms with Crippen molar-refractivity contribution in [2.75, 3.05) is 5.32 Å². The van der Waals surface area contributed by atoms with Gasteiger partial charge in [0.1, 0.15) is 11.1 Å². The summed E-state index contributed by atoms with van der Waals surface area (Å²) in [5.74, 6) is -0.474. The van der Waals surface area contributed by atoms with Crippen LogP contribution in [0.3, 0.4) is 0 Å². The van der Waals surface area contributed by atoms with E-state index in [0.29, 0.717) is 11.3 Å². The number of carbonyl (C=O) groups excluding carboxylic acids is 1. The highest BCUT2D eigenvalue weighted by Gasteiger charge is 2.13. The molecule has 0 aliphatic carbocycles. The second-order valence-electron chi connectivity index (χ2n) is 4.81. The molecule has 0 unspecified atom stereocenters. The van der Waals surface area contributed by atoms with Crippen molar-refractivity contribution >= 4 is 22.6 Å². The largest absolute Gasteiger partial charge is 0.422 e. The Bertz CT molecular complexity index is 866. The molecule has 0 aliphatic rings. The number of para-hydroxylation sites is 1. The monoisotopic (exact) mass is 279 g/mol. The van der Waals surface area contributed by atoms with E-state index in [9.17, 15) is 9.59 Å². The first-order valence-corrected chi connectivity index (χ1v) is 6.54. The zero-order valence-electron chi connectivity index (χ0n) is 11.4. The van der Waals surface area contributed by atoms with E-state index in [2.05, 4.69) is 5.32 Å². The molecule has 0 bridgehead atoms. The summed E-state index contributed by atoms with van der Waals surface area (Å²) in [6.07, 6.45) is 0. The summed E-state index contributed by atoms with van der Waals surface area (Å²) < 4.78 is 5.19. The van der Waals surface area contributed by atoms with Crippen molar-refractivity contribution < 1.29 is 9.21 Å². The molecular formula is C17H13NO3. The first kappa shape index (κ1) is 13.1. The maximum Gasteiger partial charge on any atom is 0.349 e. The van der Waals surface area contributed by atoms with Gasteiger partial charge in [-0.25, -0.2) is 4.79 Å². The van der Waals surface area contributed by atoms with E-state index < -0.39 is 11.5 Å². The smallest absolute Gasteiger partial charge is 0.349 e. The molecular weight excluding hydrogens is 266 g/mol. The molecule has 0 spiro atoms. The van der Waals surface area contributed by atoms with Crippen LogP contribution >= 0.6 is 0 Å². The third-order valence-electron chi connectivity index (χ3n) is 3.16. The molecule has 0 fully saturated rings. The number of carbonyl (C=O) groups is 1. The molecule has 0 saturated heterocycles. The number of hydrogen-bond donors (Lipinski definition) is 1. The molecule has 104 valence electrons. The van der Waals surface area contributed by atoms with Crippen LogP contribution in [0.1, 0.15) is 15.9 Å². The molecule has 0 saturated carbocycles. The first-order chi connectivity index (χ1) is 10.1. The van der Waals surface area contributed by atoms with E-state index in [0.717, 1.165) is 10.9 Å². The lowest BCUT2D eigenvalue weighted by Crippen LogP contribution is -2.20. The van der Waals surface area contributed by atoms with E-state index in [-0.39, 0.29) is 5.56 Å². The van der Waals surface area contributed by atoms with Gasteiger partial charge in [-0.15, -0.1) is 0 Å². The predicted molar refractivity (Wildman–Crippen MR) is 81.6 cm³/mol. The van der Waals surface area contributed by atoms with Crippen LogP contribution in [-0.4, -0.2) is 5.91 Å². The van der Waals surface area contributed by atoms with Crippen molar-refractivity contribution in [1.82, 2.24) is 0 Å². The number of amides is 1. The zero-order valence-corrected chi connectivity index (χ0v) is 11.4. The quantitative estimate of drug-likeness (QED) is 0.732. The predicted octanol–water partition coefficient (Wildman–Crippen LogP) is 3.35. The molecule has 21 heavy (non-hydrogen) atoms. The highest BCUT2D eigenvalue weighted by atomic mass is 16.4. The Morgan fingerprint density at radius 3 is 2.57 bits per heavy atom. The van der Waals surface area contributed by atoms with Crippen LogP contribution < -0.4 is 10.9 Å². The highest BCUT2D eigenvalue weighted by molar-refractivity contribution is 6.05. The standard InChI is InChI=1S/C17H13NO3/c1-11-7-8-15-12(9-11)10-14(17(20)21-15)16(19)18-13-5-3-2-4-6-13/h2-10H,1H3,(H,18,19). The molecule has 3 aromatic rings. The highest BCUT2D eigenvalue weighted by Crippen LogP contribution is 2.16. The second kappa shape index (κ2) is 5.25. The lowest BCUT2D eigenvalue weighted by molar-refractivity contribution is 0.102. The summed E-state index contributed by atoms with van der Waals surface area (Å²) in [6.45, 7) is 1.94. The summed E-state index contributed by atoms with van der Waals surface area (Å²) in [5.41, 5.74) is 1.50. The fourth-order valence-corrected chi connectivity index (χ4v) is 2.12. The molecule has 1 N–H and O–H groups in total. The van der Waals surface area contributed by atoms with Crippen LogP contribution in [0.25, 0.3) is 11.0 Å². The Morgan fingerprint density at radius 2 is 1.81 bits per heavy atom. The Balaban J connectivity index is 2.01. The Labute approximate surface area is 121 Å². The van der Waals surface area contributed by atoms with Crippen molar-refractivity contribution in [3.8, 4) is 0 Å². The number of rotatable bonds is 2.